The van der Waals surface area contributed by atoms with Crippen molar-refractivity contribution < 1.29 is 5.11 Å². The van der Waals surface area contributed by atoms with Gasteiger partial charge in [0.2, 0.25) is 0 Å². The van der Waals surface area contributed by atoms with Gasteiger partial charge >= 0.3 is 0 Å². The fraction of sp³-hybridized carbons (Fsp3) is 0.333. The third-order valence-electron chi connectivity index (χ3n) is 2.42. The van der Waals surface area contributed by atoms with Crippen LogP contribution in [0.25, 0.3) is 0 Å². The van der Waals surface area contributed by atoms with E-state index in [9.17, 15) is 0 Å². The average molecular weight is 264 g/mol. The Morgan fingerprint density at radius 2 is 2.28 bits per heavy atom. The summed E-state index contributed by atoms with van der Waals surface area (Å²) in [6, 6.07) is 5.93. The standard InChI is InChI=1S/C12H16N4OS/c1-9-14-10(13-5-6-17)8-11(15-9)16(2)12-4-3-7-18-12/h3-4,7-8,17H,5-6H2,1-2H3,(H,13,14,15). The van der Waals surface area contributed by atoms with Crippen LogP contribution in [-0.2, 0) is 0 Å². The van der Waals surface area contributed by atoms with E-state index in [4.69, 9.17) is 5.11 Å². The number of thiophene rings is 1. The summed E-state index contributed by atoms with van der Waals surface area (Å²) in [6.45, 7) is 2.42. The summed E-state index contributed by atoms with van der Waals surface area (Å²) < 4.78 is 0. The van der Waals surface area contributed by atoms with E-state index in [0.717, 1.165) is 16.6 Å². The van der Waals surface area contributed by atoms with Gasteiger partial charge in [0.15, 0.2) is 0 Å². The summed E-state index contributed by atoms with van der Waals surface area (Å²) in [7, 11) is 1.98. The van der Waals surface area contributed by atoms with E-state index in [1.54, 1.807) is 11.3 Å². The number of aliphatic hydroxyl groups excluding tert-OH is 1. The SMILES string of the molecule is Cc1nc(NCCO)cc(N(C)c2cccs2)n1. The van der Waals surface area contributed by atoms with Gasteiger partial charge in [0, 0.05) is 19.7 Å². The van der Waals surface area contributed by atoms with E-state index in [2.05, 4.69) is 15.3 Å². The van der Waals surface area contributed by atoms with Crippen molar-refractivity contribution in [1.82, 2.24) is 9.97 Å². The number of hydrogen-bond acceptors (Lipinski definition) is 6. The van der Waals surface area contributed by atoms with Gasteiger partial charge in [-0.1, -0.05) is 0 Å². The molecule has 0 aliphatic carbocycles. The highest BCUT2D eigenvalue weighted by atomic mass is 32.1. The van der Waals surface area contributed by atoms with Crippen molar-refractivity contribution in [3.05, 3.63) is 29.4 Å². The van der Waals surface area contributed by atoms with Crippen LogP contribution in [-0.4, -0.2) is 35.3 Å². The fourth-order valence-electron chi connectivity index (χ4n) is 1.57. The predicted octanol–water partition coefficient (Wildman–Crippen LogP) is 2.02. The zero-order chi connectivity index (χ0) is 13.0. The summed E-state index contributed by atoms with van der Waals surface area (Å²) in [5, 5.41) is 15.0. The first-order chi connectivity index (χ1) is 8.70. The summed E-state index contributed by atoms with van der Waals surface area (Å²) in [5.41, 5.74) is 0. The lowest BCUT2D eigenvalue weighted by molar-refractivity contribution is 0.311. The average Bonchev–Trinajstić information content (AvgIpc) is 2.88. The highest BCUT2D eigenvalue weighted by Gasteiger charge is 2.09. The van der Waals surface area contributed by atoms with Gasteiger partial charge in [-0.25, -0.2) is 9.97 Å². The number of rotatable bonds is 5. The monoisotopic (exact) mass is 264 g/mol. The third kappa shape index (κ3) is 2.96. The van der Waals surface area contributed by atoms with E-state index in [1.807, 2.05) is 42.5 Å². The molecule has 0 aliphatic heterocycles. The predicted molar refractivity (Wildman–Crippen MR) is 74.7 cm³/mol. The maximum Gasteiger partial charge on any atom is 0.139 e. The molecule has 0 saturated carbocycles. The minimum atomic E-state index is 0.0825. The van der Waals surface area contributed by atoms with E-state index in [1.165, 1.54) is 0 Å². The Morgan fingerprint density at radius 3 is 2.94 bits per heavy atom. The second-order valence-electron chi connectivity index (χ2n) is 3.82. The highest BCUT2D eigenvalue weighted by Crippen LogP contribution is 2.27. The van der Waals surface area contributed by atoms with E-state index >= 15 is 0 Å². The lowest BCUT2D eigenvalue weighted by Crippen LogP contribution is -2.13. The van der Waals surface area contributed by atoms with E-state index in [0.29, 0.717) is 12.4 Å². The molecule has 2 rings (SSSR count). The van der Waals surface area contributed by atoms with Gasteiger partial charge in [-0.05, 0) is 24.4 Å². The van der Waals surface area contributed by atoms with Crippen LogP contribution >= 0.6 is 11.3 Å². The molecule has 18 heavy (non-hydrogen) atoms. The summed E-state index contributed by atoms with van der Waals surface area (Å²) >= 11 is 1.66. The number of nitrogens with one attached hydrogen (secondary N) is 1. The Balaban J connectivity index is 2.24. The number of anilines is 3. The van der Waals surface area contributed by atoms with Gasteiger partial charge in [0.05, 0.1) is 11.6 Å². The molecule has 2 aromatic heterocycles. The molecule has 2 heterocycles. The normalized spacial score (nSPS) is 10.4. The molecule has 2 N–H and O–H groups in total. The molecule has 0 fully saturated rings. The van der Waals surface area contributed by atoms with Gasteiger partial charge in [0.1, 0.15) is 17.5 Å². The molecule has 0 saturated heterocycles. The van der Waals surface area contributed by atoms with Crippen LogP contribution in [0.3, 0.4) is 0 Å². The van der Waals surface area contributed by atoms with Crippen molar-refractivity contribution in [3.8, 4) is 0 Å². The molecule has 6 heteroatoms. The van der Waals surface area contributed by atoms with Crippen LogP contribution in [0, 0.1) is 6.92 Å². The van der Waals surface area contributed by atoms with Gasteiger partial charge in [-0.2, -0.15) is 0 Å². The topological polar surface area (TPSA) is 61.3 Å². The molecule has 0 aromatic carbocycles. The molecule has 0 unspecified atom stereocenters. The molecular weight excluding hydrogens is 248 g/mol. The second-order valence-corrected chi connectivity index (χ2v) is 4.75. The van der Waals surface area contributed by atoms with E-state index < -0.39 is 0 Å². The van der Waals surface area contributed by atoms with Crippen LogP contribution in [0.1, 0.15) is 5.82 Å². The van der Waals surface area contributed by atoms with Crippen LogP contribution < -0.4 is 10.2 Å². The molecular formula is C12H16N4OS. The Hall–Kier alpha value is -1.66. The first-order valence-corrected chi connectivity index (χ1v) is 6.56. The molecule has 0 spiro atoms. The number of aliphatic hydroxyl groups is 1. The van der Waals surface area contributed by atoms with Gasteiger partial charge in [-0.3, -0.25) is 0 Å². The fourth-order valence-corrected chi connectivity index (χ4v) is 2.28. The Labute approximate surface area is 110 Å². The zero-order valence-corrected chi connectivity index (χ0v) is 11.2. The van der Waals surface area contributed by atoms with Crippen LogP contribution in [0.15, 0.2) is 23.6 Å². The zero-order valence-electron chi connectivity index (χ0n) is 10.4. The number of aromatic nitrogens is 2. The molecule has 0 aliphatic rings. The van der Waals surface area contributed by atoms with Crippen molar-refractivity contribution in [3.63, 3.8) is 0 Å². The third-order valence-corrected chi connectivity index (χ3v) is 3.37. The number of nitrogens with zero attached hydrogens (tertiary/aromatic N) is 3. The number of hydrogen-bond donors (Lipinski definition) is 2. The molecule has 96 valence electrons. The molecule has 0 bridgehead atoms. The first kappa shape index (κ1) is 12.8. The van der Waals surface area contributed by atoms with Gasteiger partial charge < -0.3 is 15.3 Å². The highest BCUT2D eigenvalue weighted by molar-refractivity contribution is 7.14. The number of aryl methyl sites for hydroxylation is 1. The molecule has 0 radical (unpaired) electrons. The quantitative estimate of drug-likeness (QED) is 0.865. The van der Waals surface area contributed by atoms with Crippen molar-refractivity contribution in [1.29, 1.82) is 0 Å². The molecule has 2 aromatic rings. The summed E-state index contributed by atoms with van der Waals surface area (Å²) in [5.74, 6) is 2.27. The smallest absolute Gasteiger partial charge is 0.139 e. The molecule has 0 amide bonds. The first-order valence-electron chi connectivity index (χ1n) is 5.68. The maximum absolute atomic E-state index is 8.81. The van der Waals surface area contributed by atoms with Crippen molar-refractivity contribution in [2.45, 2.75) is 6.92 Å². The lowest BCUT2D eigenvalue weighted by atomic mass is 10.4. The Kier molecular flexibility index (Phi) is 4.11. The largest absolute Gasteiger partial charge is 0.395 e. The van der Waals surface area contributed by atoms with Crippen molar-refractivity contribution in [2.75, 3.05) is 30.4 Å². The van der Waals surface area contributed by atoms with Crippen LogP contribution in [0.4, 0.5) is 16.6 Å². The van der Waals surface area contributed by atoms with Crippen LogP contribution in [0.2, 0.25) is 0 Å². The van der Waals surface area contributed by atoms with Gasteiger partial charge in [-0.15, -0.1) is 11.3 Å². The summed E-state index contributed by atoms with van der Waals surface area (Å²) in [6.07, 6.45) is 0. The van der Waals surface area contributed by atoms with Crippen LogP contribution in [0.5, 0.6) is 0 Å². The molecule has 0 atom stereocenters. The van der Waals surface area contributed by atoms with Crippen molar-refractivity contribution >= 4 is 28.0 Å². The lowest BCUT2D eigenvalue weighted by Gasteiger charge is -2.17. The maximum atomic E-state index is 8.81. The summed E-state index contributed by atoms with van der Waals surface area (Å²) in [4.78, 5) is 10.7. The minimum absolute atomic E-state index is 0.0825. The minimum Gasteiger partial charge on any atom is -0.395 e. The second kappa shape index (κ2) is 5.79. The van der Waals surface area contributed by atoms with Crippen molar-refractivity contribution in [2.24, 2.45) is 0 Å². The Morgan fingerprint density at radius 1 is 1.44 bits per heavy atom. The van der Waals surface area contributed by atoms with Gasteiger partial charge in [0.25, 0.3) is 0 Å². The molecule has 5 nitrogen and oxygen atoms in total. The van der Waals surface area contributed by atoms with E-state index in [-0.39, 0.29) is 6.61 Å². The Bertz CT molecular complexity index is 501.